The van der Waals surface area contributed by atoms with Crippen LogP contribution >= 0.6 is 24.0 Å². The van der Waals surface area contributed by atoms with Gasteiger partial charge in [0.25, 0.3) is 0 Å². The van der Waals surface area contributed by atoms with Crippen molar-refractivity contribution in [1.82, 2.24) is 10.6 Å². The van der Waals surface area contributed by atoms with Crippen LogP contribution in [-0.2, 0) is 9.84 Å². The van der Waals surface area contributed by atoms with Gasteiger partial charge in [-0.15, -0.1) is 24.0 Å². The number of nitrogens with one attached hydrogen (secondary N) is 2. The molecule has 102 valence electrons. The Balaban J connectivity index is 0.00000256. The van der Waals surface area contributed by atoms with E-state index in [-0.39, 0.29) is 29.7 Å². The molecule has 5 nitrogen and oxygen atoms in total. The first kappa shape index (κ1) is 16.9. The minimum Gasteiger partial charge on any atom is -0.356 e. The Hall–Kier alpha value is -0.0500. The van der Waals surface area contributed by atoms with Crippen LogP contribution in [0.4, 0.5) is 0 Å². The van der Waals surface area contributed by atoms with E-state index in [1.165, 1.54) is 0 Å². The van der Waals surface area contributed by atoms with Crippen LogP contribution in [-0.4, -0.2) is 44.5 Å². The molecule has 2 N–H and O–H groups in total. The SMILES string of the molecule is CC(C)(C)S(=O)(=O)CCNC1=NCCCN1.I. The van der Waals surface area contributed by atoms with Crippen molar-refractivity contribution in [3.8, 4) is 0 Å². The fraction of sp³-hybridized carbons (Fsp3) is 0.900. The smallest absolute Gasteiger partial charge is 0.191 e. The van der Waals surface area contributed by atoms with Crippen LogP contribution in [0.1, 0.15) is 27.2 Å². The first-order chi connectivity index (χ1) is 7.33. The summed E-state index contributed by atoms with van der Waals surface area (Å²) in [6.45, 7) is 7.28. The number of rotatable bonds is 3. The van der Waals surface area contributed by atoms with E-state index in [2.05, 4.69) is 15.6 Å². The summed E-state index contributed by atoms with van der Waals surface area (Å²) in [6, 6.07) is 0. The van der Waals surface area contributed by atoms with E-state index in [1.807, 2.05) is 0 Å². The van der Waals surface area contributed by atoms with Gasteiger partial charge < -0.3 is 10.6 Å². The molecule has 0 atom stereocenters. The highest BCUT2D eigenvalue weighted by Gasteiger charge is 2.28. The Labute approximate surface area is 121 Å². The molecule has 0 spiro atoms. The number of hydrogen-bond donors (Lipinski definition) is 2. The number of aliphatic imine (C=N–C) groups is 1. The first-order valence-electron chi connectivity index (χ1n) is 5.57. The number of sulfone groups is 1. The van der Waals surface area contributed by atoms with E-state index < -0.39 is 14.6 Å². The van der Waals surface area contributed by atoms with Crippen molar-refractivity contribution < 1.29 is 8.42 Å². The van der Waals surface area contributed by atoms with Crippen LogP contribution in [0.5, 0.6) is 0 Å². The monoisotopic (exact) mass is 375 g/mol. The summed E-state index contributed by atoms with van der Waals surface area (Å²) in [7, 11) is -3.04. The summed E-state index contributed by atoms with van der Waals surface area (Å²) in [6.07, 6.45) is 1.03. The van der Waals surface area contributed by atoms with Crippen LogP contribution in [0.15, 0.2) is 4.99 Å². The molecule has 1 aliphatic heterocycles. The summed E-state index contributed by atoms with van der Waals surface area (Å²) < 4.78 is 22.9. The molecular weight excluding hydrogens is 353 g/mol. The highest BCUT2D eigenvalue weighted by atomic mass is 127. The maximum atomic E-state index is 11.8. The minimum absolute atomic E-state index is 0. The first-order valence-corrected chi connectivity index (χ1v) is 7.23. The number of guanidine groups is 1. The molecule has 7 heteroatoms. The average molecular weight is 375 g/mol. The summed E-state index contributed by atoms with van der Waals surface area (Å²) in [5.74, 6) is 0.854. The quantitative estimate of drug-likeness (QED) is 0.715. The zero-order valence-corrected chi connectivity index (χ0v) is 13.8. The molecule has 0 aromatic heterocycles. The van der Waals surface area contributed by atoms with E-state index in [1.54, 1.807) is 20.8 Å². The van der Waals surface area contributed by atoms with Crippen molar-refractivity contribution in [2.24, 2.45) is 4.99 Å². The van der Waals surface area contributed by atoms with Crippen molar-refractivity contribution in [2.75, 3.05) is 25.4 Å². The van der Waals surface area contributed by atoms with Gasteiger partial charge >= 0.3 is 0 Å². The summed E-state index contributed by atoms with van der Waals surface area (Å²) in [5.41, 5.74) is 0. The van der Waals surface area contributed by atoms with Crippen LogP contribution in [0.2, 0.25) is 0 Å². The minimum atomic E-state index is -3.04. The van der Waals surface area contributed by atoms with Crippen LogP contribution < -0.4 is 10.6 Å². The van der Waals surface area contributed by atoms with E-state index in [9.17, 15) is 8.42 Å². The zero-order valence-electron chi connectivity index (χ0n) is 10.6. The van der Waals surface area contributed by atoms with E-state index in [0.717, 1.165) is 25.5 Å². The number of hydrogen-bond acceptors (Lipinski definition) is 5. The average Bonchev–Trinajstić information content (AvgIpc) is 2.17. The van der Waals surface area contributed by atoms with Gasteiger partial charge in [-0.1, -0.05) is 0 Å². The molecule has 0 unspecified atom stereocenters. The third-order valence-corrected chi connectivity index (χ3v) is 5.10. The van der Waals surface area contributed by atoms with Gasteiger partial charge in [-0.05, 0) is 27.2 Å². The highest BCUT2D eigenvalue weighted by Crippen LogP contribution is 2.15. The Bertz CT molecular complexity index is 360. The molecule has 0 saturated heterocycles. The van der Waals surface area contributed by atoms with Crippen molar-refractivity contribution >= 4 is 39.8 Å². The lowest BCUT2D eigenvalue weighted by Crippen LogP contribution is -2.43. The number of halogens is 1. The van der Waals surface area contributed by atoms with Crippen LogP contribution in [0, 0.1) is 0 Å². The Morgan fingerprint density at radius 1 is 1.41 bits per heavy atom. The lowest BCUT2D eigenvalue weighted by molar-refractivity contribution is 0.558. The number of nitrogens with zero attached hydrogens (tertiary/aromatic N) is 1. The van der Waals surface area contributed by atoms with E-state index in [0.29, 0.717) is 6.54 Å². The van der Waals surface area contributed by atoms with Gasteiger partial charge in [-0.2, -0.15) is 0 Å². The van der Waals surface area contributed by atoms with E-state index in [4.69, 9.17) is 0 Å². The predicted octanol–water partition coefficient (Wildman–Crippen LogP) is 0.757. The van der Waals surface area contributed by atoms with Crippen LogP contribution in [0.3, 0.4) is 0 Å². The van der Waals surface area contributed by atoms with Gasteiger partial charge in [0.15, 0.2) is 15.8 Å². The van der Waals surface area contributed by atoms with Gasteiger partial charge in [0.05, 0.1) is 10.5 Å². The second-order valence-corrected chi connectivity index (χ2v) is 7.73. The topological polar surface area (TPSA) is 70.6 Å². The molecule has 1 heterocycles. The molecule has 0 bridgehead atoms. The normalized spacial score (nSPS) is 16.5. The van der Waals surface area contributed by atoms with Crippen molar-refractivity contribution in [1.29, 1.82) is 0 Å². The lowest BCUT2D eigenvalue weighted by atomic mass is 10.3. The molecule has 1 rings (SSSR count). The fourth-order valence-electron chi connectivity index (χ4n) is 1.26. The largest absolute Gasteiger partial charge is 0.356 e. The summed E-state index contributed by atoms with van der Waals surface area (Å²) >= 11 is 0. The third-order valence-electron chi connectivity index (χ3n) is 2.49. The van der Waals surface area contributed by atoms with Crippen molar-refractivity contribution in [3.05, 3.63) is 0 Å². The Morgan fingerprint density at radius 3 is 2.53 bits per heavy atom. The van der Waals surface area contributed by atoms with Gasteiger partial charge in [0.2, 0.25) is 0 Å². The van der Waals surface area contributed by atoms with E-state index >= 15 is 0 Å². The summed E-state index contributed by atoms with van der Waals surface area (Å²) in [5, 5.41) is 6.10. The Morgan fingerprint density at radius 2 is 2.06 bits per heavy atom. The molecule has 0 aromatic rings. The second-order valence-electron chi connectivity index (χ2n) is 4.87. The molecule has 17 heavy (non-hydrogen) atoms. The van der Waals surface area contributed by atoms with Gasteiger partial charge in [0.1, 0.15) is 0 Å². The fourth-order valence-corrected chi connectivity index (χ4v) is 2.24. The molecule has 0 amide bonds. The second kappa shape index (κ2) is 6.77. The predicted molar refractivity (Wildman–Crippen MR) is 81.9 cm³/mol. The van der Waals surface area contributed by atoms with Crippen molar-refractivity contribution in [2.45, 2.75) is 31.9 Å². The van der Waals surface area contributed by atoms with Gasteiger partial charge in [-0.3, -0.25) is 4.99 Å². The third kappa shape index (κ3) is 5.41. The zero-order chi connectivity index (χ0) is 12.2. The molecule has 0 aromatic carbocycles. The van der Waals surface area contributed by atoms with Crippen molar-refractivity contribution in [3.63, 3.8) is 0 Å². The molecule has 0 saturated carbocycles. The molecule has 0 aliphatic carbocycles. The Kier molecular flexibility index (Phi) is 6.75. The molecule has 0 fully saturated rings. The maximum absolute atomic E-state index is 11.8. The highest BCUT2D eigenvalue weighted by molar-refractivity contribution is 14.0. The van der Waals surface area contributed by atoms with Gasteiger partial charge in [-0.25, -0.2) is 8.42 Å². The lowest BCUT2D eigenvalue weighted by Gasteiger charge is -2.20. The standard InChI is InChI=1S/C10H21N3O2S.HI/c1-10(2,3)16(14,15)8-7-13-9-11-5-4-6-12-9;/h4-8H2,1-3H3,(H2,11,12,13);1H. The molecule has 0 radical (unpaired) electrons. The summed E-state index contributed by atoms with van der Waals surface area (Å²) in [4.78, 5) is 4.21. The van der Waals surface area contributed by atoms with Gasteiger partial charge in [0, 0.05) is 19.6 Å². The molecule has 1 aliphatic rings. The maximum Gasteiger partial charge on any atom is 0.191 e. The van der Waals surface area contributed by atoms with Crippen LogP contribution in [0.25, 0.3) is 0 Å². The molecular formula is C10H22IN3O2S.